The van der Waals surface area contributed by atoms with E-state index in [1.807, 2.05) is 59.5 Å². The van der Waals surface area contributed by atoms with Crippen LogP contribution in [0.5, 0.6) is 11.5 Å². The Hall–Kier alpha value is -2.33. The highest BCUT2D eigenvalue weighted by atomic mass is 16.5. The van der Waals surface area contributed by atoms with Gasteiger partial charge in [-0.3, -0.25) is 9.69 Å². The third kappa shape index (κ3) is 3.46. The minimum Gasteiger partial charge on any atom is -0.480 e. The second-order valence-electron chi connectivity index (χ2n) is 5.53. The van der Waals surface area contributed by atoms with Crippen LogP contribution in [0.2, 0.25) is 0 Å². The van der Waals surface area contributed by atoms with Crippen LogP contribution in [-0.2, 0) is 11.3 Å². The number of aliphatic carboxylic acids is 1. The van der Waals surface area contributed by atoms with Crippen molar-refractivity contribution in [2.45, 2.75) is 25.4 Å². The first-order valence-electron chi connectivity index (χ1n) is 7.51. The summed E-state index contributed by atoms with van der Waals surface area (Å²) >= 11 is 0. The van der Waals surface area contributed by atoms with Crippen LogP contribution in [0.25, 0.3) is 0 Å². The number of carbonyl (C=O) groups is 1. The van der Waals surface area contributed by atoms with Crippen LogP contribution >= 0.6 is 0 Å². The second-order valence-corrected chi connectivity index (χ2v) is 5.53. The van der Waals surface area contributed by atoms with Crippen LogP contribution in [0, 0.1) is 0 Å². The van der Waals surface area contributed by atoms with E-state index in [-0.39, 0.29) is 6.04 Å². The highest BCUT2D eigenvalue weighted by Crippen LogP contribution is 2.24. The number of carboxylic acids is 1. The van der Waals surface area contributed by atoms with E-state index in [4.69, 9.17) is 4.74 Å². The van der Waals surface area contributed by atoms with Crippen molar-refractivity contribution >= 4 is 5.97 Å². The molecule has 1 heterocycles. The summed E-state index contributed by atoms with van der Waals surface area (Å²) in [5, 5.41) is 9.21. The Labute approximate surface area is 130 Å². The molecular formula is C18H19NO3. The molecule has 1 aliphatic rings. The van der Waals surface area contributed by atoms with Crippen molar-refractivity contribution in [3.05, 3.63) is 60.2 Å². The molecule has 114 valence electrons. The largest absolute Gasteiger partial charge is 0.480 e. The molecule has 0 bridgehead atoms. The molecule has 0 amide bonds. The molecule has 1 unspecified atom stereocenters. The van der Waals surface area contributed by atoms with E-state index in [0.717, 1.165) is 36.4 Å². The molecule has 4 heteroatoms. The maximum Gasteiger partial charge on any atom is 0.320 e. The summed E-state index contributed by atoms with van der Waals surface area (Å²) in [7, 11) is 0. The fourth-order valence-corrected chi connectivity index (χ4v) is 2.82. The van der Waals surface area contributed by atoms with Crippen molar-refractivity contribution in [3.8, 4) is 11.5 Å². The summed E-state index contributed by atoms with van der Waals surface area (Å²) in [5.41, 5.74) is 1.11. The average molecular weight is 297 g/mol. The molecule has 4 nitrogen and oxygen atoms in total. The van der Waals surface area contributed by atoms with Gasteiger partial charge in [0.2, 0.25) is 0 Å². The molecule has 0 aliphatic carbocycles. The molecule has 1 atom stereocenters. The summed E-state index contributed by atoms with van der Waals surface area (Å²) in [5.74, 6) is 0.869. The molecule has 2 aromatic carbocycles. The number of nitrogens with zero attached hydrogens (tertiary/aromatic N) is 1. The predicted molar refractivity (Wildman–Crippen MR) is 84.0 cm³/mol. The maximum absolute atomic E-state index is 11.2. The SMILES string of the molecule is O=C(O)C1CCCN1Cc1ccc(Oc2ccccc2)cc1. The van der Waals surface area contributed by atoms with Crippen LogP contribution in [0.1, 0.15) is 18.4 Å². The van der Waals surface area contributed by atoms with Gasteiger partial charge in [0.05, 0.1) is 0 Å². The van der Waals surface area contributed by atoms with Crippen molar-refractivity contribution in [1.82, 2.24) is 4.90 Å². The third-order valence-electron chi connectivity index (χ3n) is 3.94. The van der Waals surface area contributed by atoms with Gasteiger partial charge in [0.1, 0.15) is 17.5 Å². The number of likely N-dealkylation sites (tertiary alicyclic amines) is 1. The fourth-order valence-electron chi connectivity index (χ4n) is 2.82. The number of rotatable bonds is 5. The van der Waals surface area contributed by atoms with Crippen molar-refractivity contribution in [3.63, 3.8) is 0 Å². The number of para-hydroxylation sites is 1. The van der Waals surface area contributed by atoms with Crippen LogP contribution in [0.4, 0.5) is 0 Å². The van der Waals surface area contributed by atoms with Gasteiger partial charge in [0.15, 0.2) is 0 Å². The van der Waals surface area contributed by atoms with Crippen LogP contribution in [0.3, 0.4) is 0 Å². The first-order chi connectivity index (χ1) is 10.7. The number of benzene rings is 2. The minimum atomic E-state index is -0.721. The van der Waals surface area contributed by atoms with Gasteiger partial charge in [-0.25, -0.2) is 0 Å². The zero-order valence-corrected chi connectivity index (χ0v) is 12.3. The summed E-state index contributed by atoms with van der Waals surface area (Å²) < 4.78 is 5.75. The standard InChI is InChI=1S/C18H19NO3/c20-18(21)17-7-4-12-19(17)13-14-8-10-16(11-9-14)22-15-5-2-1-3-6-15/h1-3,5-6,8-11,17H,4,7,12-13H2,(H,20,21). The molecule has 2 aromatic rings. The van der Waals surface area contributed by atoms with Gasteiger partial charge < -0.3 is 9.84 Å². The van der Waals surface area contributed by atoms with Crippen molar-refractivity contribution < 1.29 is 14.6 Å². The third-order valence-corrected chi connectivity index (χ3v) is 3.94. The molecule has 0 spiro atoms. The maximum atomic E-state index is 11.2. The quantitative estimate of drug-likeness (QED) is 0.917. The Kier molecular flexibility index (Phi) is 4.39. The normalized spacial score (nSPS) is 18.3. The van der Waals surface area contributed by atoms with E-state index in [1.54, 1.807) is 0 Å². The van der Waals surface area contributed by atoms with Gasteiger partial charge in [-0.05, 0) is 49.2 Å². The number of ether oxygens (including phenoxy) is 1. The van der Waals surface area contributed by atoms with Crippen molar-refractivity contribution in [2.75, 3.05) is 6.54 Å². The second kappa shape index (κ2) is 6.62. The van der Waals surface area contributed by atoms with Gasteiger partial charge >= 0.3 is 5.97 Å². The summed E-state index contributed by atoms with van der Waals surface area (Å²) in [6, 6.07) is 17.1. The molecule has 22 heavy (non-hydrogen) atoms. The van der Waals surface area contributed by atoms with Gasteiger partial charge in [-0.2, -0.15) is 0 Å². The summed E-state index contributed by atoms with van der Waals surface area (Å²) in [6.07, 6.45) is 1.69. The summed E-state index contributed by atoms with van der Waals surface area (Å²) in [6.45, 7) is 1.52. The Morgan fingerprint density at radius 3 is 2.45 bits per heavy atom. The van der Waals surface area contributed by atoms with E-state index in [9.17, 15) is 9.90 Å². The Morgan fingerprint density at radius 2 is 1.77 bits per heavy atom. The van der Waals surface area contributed by atoms with Crippen molar-refractivity contribution in [2.24, 2.45) is 0 Å². The lowest BCUT2D eigenvalue weighted by atomic mass is 10.2. The van der Waals surface area contributed by atoms with Crippen molar-refractivity contribution in [1.29, 1.82) is 0 Å². The predicted octanol–water partition coefficient (Wildman–Crippen LogP) is 3.53. The Bertz CT molecular complexity index is 625. The number of hydrogen-bond donors (Lipinski definition) is 1. The molecule has 1 N–H and O–H groups in total. The number of hydrogen-bond acceptors (Lipinski definition) is 3. The van der Waals surface area contributed by atoms with E-state index in [2.05, 4.69) is 0 Å². The topological polar surface area (TPSA) is 49.8 Å². The minimum absolute atomic E-state index is 0.347. The number of carboxylic acid groups (broad SMARTS) is 1. The molecule has 1 fully saturated rings. The molecule has 3 rings (SSSR count). The molecule has 0 aromatic heterocycles. The molecule has 1 aliphatic heterocycles. The highest BCUT2D eigenvalue weighted by molar-refractivity contribution is 5.73. The van der Waals surface area contributed by atoms with Crippen LogP contribution < -0.4 is 4.74 Å². The zero-order chi connectivity index (χ0) is 15.4. The Balaban J connectivity index is 1.63. The monoisotopic (exact) mass is 297 g/mol. The van der Waals surface area contributed by atoms with Crippen LogP contribution in [0.15, 0.2) is 54.6 Å². The van der Waals surface area contributed by atoms with Gasteiger partial charge in [0, 0.05) is 6.54 Å². The lowest BCUT2D eigenvalue weighted by Crippen LogP contribution is -2.35. The van der Waals surface area contributed by atoms with Gasteiger partial charge in [-0.1, -0.05) is 30.3 Å². The lowest BCUT2D eigenvalue weighted by molar-refractivity contribution is -0.142. The van der Waals surface area contributed by atoms with E-state index >= 15 is 0 Å². The van der Waals surface area contributed by atoms with Gasteiger partial charge in [0.25, 0.3) is 0 Å². The van der Waals surface area contributed by atoms with Gasteiger partial charge in [-0.15, -0.1) is 0 Å². The molecule has 0 radical (unpaired) electrons. The van der Waals surface area contributed by atoms with E-state index in [0.29, 0.717) is 6.54 Å². The average Bonchev–Trinajstić information content (AvgIpc) is 2.99. The first-order valence-corrected chi connectivity index (χ1v) is 7.51. The summed E-state index contributed by atoms with van der Waals surface area (Å²) in [4.78, 5) is 13.2. The molecular weight excluding hydrogens is 278 g/mol. The highest BCUT2D eigenvalue weighted by Gasteiger charge is 2.30. The molecule has 1 saturated heterocycles. The van der Waals surface area contributed by atoms with E-state index in [1.165, 1.54) is 0 Å². The lowest BCUT2D eigenvalue weighted by Gasteiger charge is -2.21. The first kappa shape index (κ1) is 14.6. The van der Waals surface area contributed by atoms with Crippen LogP contribution in [-0.4, -0.2) is 28.6 Å². The zero-order valence-electron chi connectivity index (χ0n) is 12.3. The van der Waals surface area contributed by atoms with E-state index < -0.39 is 5.97 Å². The Morgan fingerprint density at radius 1 is 1.09 bits per heavy atom. The fraction of sp³-hybridized carbons (Fsp3) is 0.278. The smallest absolute Gasteiger partial charge is 0.320 e. The molecule has 0 saturated carbocycles.